The molecular weight excluding hydrogens is 495 g/mol. The number of imidazole rings is 1. The minimum absolute atomic E-state index is 0.210. The van der Waals surface area contributed by atoms with E-state index in [-0.39, 0.29) is 37.8 Å². The van der Waals surface area contributed by atoms with E-state index in [1.165, 1.54) is 6.07 Å². The predicted molar refractivity (Wildman–Crippen MR) is 128 cm³/mol. The summed E-state index contributed by atoms with van der Waals surface area (Å²) in [5, 5.41) is 13.4. The van der Waals surface area contributed by atoms with E-state index in [1.54, 1.807) is 31.4 Å². The molecule has 3 N–H and O–H groups in total. The molecule has 2 aromatic heterocycles. The molecule has 5 heterocycles. The zero-order valence-corrected chi connectivity index (χ0v) is 20.0. The lowest BCUT2D eigenvalue weighted by molar-refractivity contribution is 0.00706. The average Bonchev–Trinajstić information content (AvgIpc) is 3.61. The van der Waals surface area contributed by atoms with Crippen LogP contribution in [0, 0.1) is 5.82 Å². The fraction of sp³-hybridized carbons (Fsp3) is 0.417. The van der Waals surface area contributed by atoms with Crippen LogP contribution in [-0.2, 0) is 14.2 Å². The lowest BCUT2D eigenvalue weighted by Crippen LogP contribution is -2.34. The third-order valence-electron chi connectivity index (χ3n) is 6.40. The van der Waals surface area contributed by atoms with Crippen molar-refractivity contribution in [3.63, 3.8) is 0 Å². The van der Waals surface area contributed by atoms with Crippen molar-refractivity contribution in [1.29, 1.82) is 0 Å². The Kier molecular flexibility index (Phi) is 6.18. The first-order valence-corrected chi connectivity index (χ1v) is 11.9. The van der Waals surface area contributed by atoms with E-state index in [0.29, 0.717) is 45.5 Å². The van der Waals surface area contributed by atoms with Gasteiger partial charge in [0.25, 0.3) is 6.01 Å². The minimum Gasteiger partial charge on any atom is -0.491 e. The predicted octanol–water partition coefficient (Wildman–Crippen LogP) is 2.86. The van der Waals surface area contributed by atoms with Gasteiger partial charge in [0.05, 0.1) is 42.0 Å². The second kappa shape index (κ2) is 9.49. The summed E-state index contributed by atoms with van der Waals surface area (Å²) in [5.41, 5.74) is 2.04. The molecule has 3 aliphatic rings. The molecule has 0 saturated carbocycles. The van der Waals surface area contributed by atoms with E-state index in [2.05, 4.69) is 20.3 Å². The maximum Gasteiger partial charge on any atom is 0.296 e. The zero-order chi connectivity index (χ0) is 24.8. The molecule has 3 aliphatic heterocycles. The number of nitrogens with zero attached hydrogens (tertiary/aromatic N) is 2. The van der Waals surface area contributed by atoms with E-state index in [9.17, 15) is 9.50 Å². The summed E-state index contributed by atoms with van der Waals surface area (Å²) in [7, 11) is 1.59. The van der Waals surface area contributed by atoms with Crippen LogP contribution in [0.3, 0.4) is 0 Å². The van der Waals surface area contributed by atoms with Crippen molar-refractivity contribution in [3.8, 4) is 11.8 Å². The van der Waals surface area contributed by atoms with Crippen molar-refractivity contribution in [2.75, 3.05) is 38.9 Å². The standard InChI is InChI=1S/C24H24ClFN4O6/c1-32-4-2-3-11-5-13(26)19-15(8-33-17(19)6-11)27-22-12(25)7-14-23(29-22)30-24(28-14)36-18-10-35-20-16(31)9-34-21(18)20/h2-3,5-7,15-16,18,20-21,31H,4,8-10H2,1H3,(H2,27,28,29,30)/b3-2+/t15-,16+,18+,20?,21?/m0/s1. The topological polar surface area (TPSA) is 120 Å². The molecule has 0 radical (unpaired) electrons. The number of anilines is 1. The summed E-state index contributed by atoms with van der Waals surface area (Å²) >= 11 is 6.48. The van der Waals surface area contributed by atoms with Crippen molar-refractivity contribution in [3.05, 3.63) is 46.2 Å². The molecule has 0 spiro atoms. The molecule has 2 fully saturated rings. The molecule has 0 bridgehead atoms. The third-order valence-corrected chi connectivity index (χ3v) is 6.69. The van der Waals surface area contributed by atoms with Gasteiger partial charge in [-0.15, -0.1) is 0 Å². The Bertz CT molecular complexity index is 1320. The Hall–Kier alpha value is -2.96. The second-order valence-electron chi connectivity index (χ2n) is 8.83. The smallest absolute Gasteiger partial charge is 0.296 e. The number of pyridine rings is 1. The van der Waals surface area contributed by atoms with Crippen molar-refractivity contribution in [1.82, 2.24) is 15.0 Å². The summed E-state index contributed by atoms with van der Waals surface area (Å²) in [6.45, 7) is 1.14. The monoisotopic (exact) mass is 518 g/mol. The Morgan fingerprint density at radius 3 is 2.94 bits per heavy atom. The normalized spacial score (nSPS) is 26.9. The molecule has 5 atom stereocenters. The van der Waals surface area contributed by atoms with Gasteiger partial charge in [-0.1, -0.05) is 23.8 Å². The number of aliphatic hydroxyl groups is 1. The lowest BCUT2D eigenvalue weighted by atomic mass is 10.0. The highest BCUT2D eigenvalue weighted by molar-refractivity contribution is 6.33. The molecule has 2 unspecified atom stereocenters. The summed E-state index contributed by atoms with van der Waals surface area (Å²) < 4.78 is 42.8. The zero-order valence-electron chi connectivity index (χ0n) is 19.2. The van der Waals surface area contributed by atoms with Gasteiger partial charge in [-0.05, 0) is 23.8 Å². The van der Waals surface area contributed by atoms with Gasteiger partial charge in [0.2, 0.25) is 0 Å². The molecule has 2 saturated heterocycles. The number of aromatic nitrogens is 3. The quantitative estimate of drug-likeness (QED) is 0.433. The SMILES string of the molecule is COC/C=C/c1cc(F)c2c(c1)OC[C@@H]2Nc1nc2nc(O[C@@H]3COC4C3OC[C@H]4O)[nH]c2cc1Cl. The Labute approximate surface area is 210 Å². The van der Waals surface area contributed by atoms with Gasteiger partial charge in [-0.3, -0.25) is 0 Å². The maximum atomic E-state index is 15.0. The molecule has 0 amide bonds. The van der Waals surface area contributed by atoms with E-state index < -0.39 is 24.4 Å². The fourth-order valence-corrected chi connectivity index (χ4v) is 4.93. The number of aliphatic hydroxyl groups excluding tert-OH is 1. The van der Waals surface area contributed by atoms with Crippen LogP contribution in [0.5, 0.6) is 11.8 Å². The number of hydrogen-bond acceptors (Lipinski definition) is 9. The van der Waals surface area contributed by atoms with Crippen LogP contribution in [0.4, 0.5) is 10.2 Å². The number of nitrogens with one attached hydrogen (secondary N) is 2. The van der Waals surface area contributed by atoms with Crippen LogP contribution < -0.4 is 14.8 Å². The minimum atomic E-state index is -0.665. The molecule has 36 heavy (non-hydrogen) atoms. The first-order valence-electron chi connectivity index (χ1n) is 11.5. The number of benzene rings is 1. The van der Waals surface area contributed by atoms with Crippen LogP contribution in [0.15, 0.2) is 24.3 Å². The van der Waals surface area contributed by atoms with Gasteiger partial charge < -0.3 is 39.1 Å². The van der Waals surface area contributed by atoms with Gasteiger partial charge in [0, 0.05) is 7.11 Å². The molecule has 12 heteroatoms. The number of rotatable bonds is 7. The van der Waals surface area contributed by atoms with Crippen molar-refractivity contribution >= 4 is 34.7 Å². The fourth-order valence-electron chi connectivity index (χ4n) is 4.72. The number of fused-ring (bicyclic) bond motifs is 3. The van der Waals surface area contributed by atoms with Gasteiger partial charge in [-0.2, -0.15) is 4.98 Å². The van der Waals surface area contributed by atoms with Gasteiger partial charge >= 0.3 is 0 Å². The number of hydrogen-bond donors (Lipinski definition) is 3. The van der Waals surface area contributed by atoms with Crippen LogP contribution in [0.25, 0.3) is 17.2 Å². The molecule has 0 aliphatic carbocycles. The van der Waals surface area contributed by atoms with Crippen molar-refractivity contribution in [2.45, 2.75) is 30.5 Å². The lowest BCUT2D eigenvalue weighted by Gasteiger charge is -2.15. The number of H-pyrrole nitrogens is 1. The molecular formula is C24H24ClFN4O6. The second-order valence-corrected chi connectivity index (χ2v) is 9.24. The van der Waals surface area contributed by atoms with Crippen molar-refractivity contribution < 1.29 is 33.2 Å². The van der Waals surface area contributed by atoms with Crippen LogP contribution in [0.2, 0.25) is 5.02 Å². The Balaban J connectivity index is 1.20. The first kappa shape index (κ1) is 23.4. The summed E-state index contributed by atoms with van der Waals surface area (Å²) in [4.78, 5) is 12.0. The number of methoxy groups -OCH3 is 1. The average molecular weight is 519 g/mol. The Morgan fingerprint density at radius 1 is 1.22 bits per heavy atom. The third kappa shape index (κ3) is 4.27. The summed E-state index contributed by atoms with van der Waals surface area (Å²) in [5.74, 6) is 0.427. The highest BCUT2D eigenvalue weighted by Crippen LogP contribution is 2.39. The highest BCUT2D eigenvalue weighted by Gasteiger charge is 2.48. The largest absolute Gasteiger partial charge is 0.491 e. The number of ether oxygens (including phenoxy) is 5. The summed E-state index contributed by atoms with van der Waals surface area (Å²) in [6, 6.07) is 4.67. The van der Waals surface area contributed by atoms with Gasteiger partial charge in [0.15, 0.2) is 11.8 Å². The van der Waals surface area contributed by atoms with Gasteiger partial charge in [0.1, 0.15) is 42.3 Å². The van der Waals surface area contributed by atoms with Crippen LogP contribution in [-0.4, -0.2) is 78.0 Å². The van der Waals surface area contributed by atoms with Crippen molar-refractivity contribution in [2.24, 2.45) is 0 Å². The Morgan fingerprint density at radius 2 is 2.08 bits per heavy atom. The van der Waals surface area contributed by atoms with E-state index in [4.69, 9.17) is 35.3 Å². The molecule has 1 aromatic carbocycles. The van der Waals surface area contributed by atoms with E-state index in [1.807, 2.05) is 0 Å². The van der Waals surface area contributed by atoms with Gasteiger partial charge in [-0.25, -0.2) is 9.37 Å². The first-order chi connectivity index (χ1) is 17.5. The maximum absolute atomic E-state index is 15.0. The number of halogens is 2. The molecule has 3 aromatic rings. The highest BCUT2D eigenvalue weighted by atomic mass is 35.5. The summed E-state index contributed by atoms with van der Waals surface area (Å²) in [6.07, 6.45) is 1.73. The molecule has 190 valence electrons. The number of aromatic amines is 1. The van der Waals surface area contributed by atoms with E-state index in [0.717, 1.165) is 0 Å². The molecule has 10 nitrogen and oxygen atoms in total. The van der Waals surface area contributed by atoms with Crippen LogP contribution >= 0.6 is 11.6 Å². The van der Waals surface area contributed by atoms with E-state index >= 15 is 0 Å². The molecule has 6 rings (SSSR count). The van der Waals surface area contributed by atoms with Crippen LogP contribution in [0.1, 0.15) is 17.2 Å².